The maximum absolute atomic E-state index is 12.4. The maximum Gasteiger partial charge on any atom is 0.267 e. The molecule has 0 aliphatic heterocycles. The van der Waals surface area contributed by atoms with Crippen molar-refractivity contribution in [2.24, 2.45) is 0 Å². The zero-order valence-corrected chi connectivity index (χ0v) is 26.7. The minimum absolute atomic E-state index is 0.250. The highest BCUT2D eigenvalue weighted by atomic mass is 32.2. The molecule has 7 heteroatoms. The van der Waals surface area contributed by atoms with Crippen LogP contribution in [0.5, 0.6) is 0 Å². The van der Waals surface area contributed by atoms with Gasteiger partial charge >= 0.3 is 0 Å². The Balaban J connectivity index is 4.21. The molecule has 0 radical (unpaired) electrons. The van der Waals surface area contributed by atoms with Gasteiger partial charge in [0.05, 0.1) is 17.9 Å². The highest BCUT2D eigenvalue weighted by molar-refractivity contribution is 7.85. The Kier molecular flexibility index (Phi) is 26.8. The molecule has 0 bridgehead atoms. The average molecular weight is 594 g/mol. The number of aliphatic hydroxyl groups is 1. The zero-order chi connectivity index (χ0) is 30.4. The second-order valence-electron chi connectivity index (χ2n) is 10.7. The summed E-state index contributed by atoms with van der Waals surface area (Å²) < 4.78 is 32.2. The number of nitrogens with one attached hydrogen (secondary N) is 1. The van der Waals surface area contributed by atoms with Crippen LogP contribution in [0.15, 0.2) is 60.8 Å². The second-order valence-corrected chi connectivity index (χ2v) is 12.2. The van der Waals surface area contributed by atoms with Gasteiger partial charge in [0.2, 0.25) is 5.91 Å². The molecule has 0 saturated heterocycles. The van der Waals surface area contributed by atoms with Gasteiger partial charge in [0.15, 0.2) is 0 Å². The van der Waals surface area contributed by atoms with Gasteiger partial charge in [-0.25, -0.2) is 0 Å². The number of allylic oxidation sites excluding steroid dienone is 9. The van der Waals surface area contributed by atoms with Gasteiger partial charge in [-0.15, -0.1) is 0 Å². The Morgan fingerprint density at radius 3 is 1.83 bits per heavy atom. The van der Waals surface area contributed by atoms with E-state index in [-0.39, 0.29) is 12.3 Å². The van der Waals surface area contributed by atoms with Crippen LogP contribution in [0.4, 0.5) is 0 Å². The summed E-state index contributed by atoms with van der Waals surface area (Å²) in [4.78, 5) is 12.4. The van der Waals surface area contributed by atoms with Gasteiger partial charge in [0.25, 0.3) is 10.1 Å². The fraction of sp³-hybridized carbons (Fsp3) is 0.676. The maximum atomic E-state index is 12.4. The van der Waals surface area contributed by atoms with Crippen LogP contribution < -0.4 is 5.32 Å². The van der Waals surface area contributed by atoms with Crippen LogP contribution in [0.3, 0.4) is 0 Å². The van der Waals surface area contributed by atoms with E-state index >= 15 is 0 Å². The fourth-order valence-electron chi connectivity index (χ4n) is 4.30. The molecule has 41 heavy (non-hydrogen) atoms. The molecule has 0 aromatic rings. The summed E-state index contributed by atoms with van der Waals surface area (Å²) in [6, 6.07) is -1.09. The van der Waals surface area contributed by atoms with Crippen molar-refractivity contribution in [1.82, 2.24) is 5.32 Å². The molecule has 236 valence electrons. The molecule has 0 aliphatic rings. The molecule has 1 amide bonds. The molecule has 2 atom stereocenters. The largest absolute Gasteiger partial charge is 0.387 e. The predicted molar refractivity (Wildman–Crippen MR) is 175 cm³/mol. The average Bonchev–Trinajstić information content (AvgIpc) is 2.92. The Morgan fingerprint density at radius 1 is 0.683 bits per heavy atom. The van der Waals surface area contributed by atoms with E-state index < -0.39 is 28.0 Å². The van der Waals surface area contributed by atoms with Crippen molar-refractivity contribution in [3.63, 3.8) is 0 Å². The summed E-state index contributed by atoms with van der Waals surface area (Å²) in [5.41, 5.74) is 0. The molecule has 0 aromatic heterocycles. The van der Waals surface area contributed by atoms with E-state index in [1.165, 1.54) is 51.0 Å². The predicted octanol–water partition coefficient (Wildman–Crippen LogP) is 8.56. The first-order valence-electron chi connectivity index (χ1n) is 16.0. The third kappa shape index (κ3) is 29.3. The number of aliphatic hydroxyl groups excluding tert-OH is 1. The first-order chi connectivity index (χ1) is 19.8. The van der Waals surface area contributed by atoms with Crippen molar-refractivity contribution in [1.29, 1.82) is 0 Å². The molecule has 0 heterocycles. The van der Waals surface area contributed by atoms with Gasteiger partial charge in [-0.3, -0.25) is 9.35 Å². The van der Waals surface area contributed by atoms with E-state index in [0.717, 1.165) is 51.4 Å². The minimum atomic E-state index is -4.36. The zero-order valence-electron chi connectivity index (χ0n) is 25.9. The van der Waals surface area contributed by atoms with Crippen LogP contribution in [0.25, 0.3) is 0 Å². The number of hydrogen-bond donors (Lipinski definition) is 3. The van der Waals surface area contributed by atoms with Crippen molar-refractivity contribution in [3.05, 3.63) is 60.8 Å². The van der Waals surface area contributed by atoms with Crippen LogP contribution in [-0.2, 0) is 14.9 Å². The lowest BCUT2D eigenvalue weighted by Gasteiger charge is -2.21. The van der Waals surface area contributed by atoms with E-state index in [9.17, 15) is 22.9 Å². The summed E-state index contributed by atoms with van der Waals surface area (Å²) in [6.45, 7) is 4.35. The minimum Gasteiger partial charge on any atom is -0.387 e. The van der Waals surface area contributed by atoms with Crippen LogP contribution in [0.1, 0.15) is 129 Å². The van der Waals surface area contributed by atoms with Gasteiger partial charge in [0, 0.05) is 6.42 Å². The number of rotatable bonds is 27. The van der Waals surface area contributed by atoms with Gasteiger partial charge in [-0.1, -0.05) is 120 Å². The quantitative estimate of drug-likeness (QED) is 0.0503. The van der Waals surface area contributed by atoms with Crippen molar-refractivity contribution >= 4 is 16.0 Å². The van der Waals surface area contributed by atoms with Crippen molar-refractivity contribution in [2.75, 3.05) is 5.75 Å². The Labute approximate surface area is 251 Å². The standard InChI is InChI=1S/C34H59NO5S/c1-3-5-7-9-11-13-15-17-19-21-23-25-27-29-33(36)32(31-41(38,39)40)35-34(37)30-28-26-24-22-20-18-16-14-12-10-8-6-4-2/h6,8,12,14,18-21,27,29,32-33,36H,3-5,7,9-11,13,15-17,22-26,28,30-31H2,1-2H3,(H,35,37)(H,38,39,40)/b8-6-,14-12-,20-18-,21-19+,29-27+. The van der Waals surface area contributed by atoms with E-state index in [1.807, 2.05) is 0 Å². The van der Waals surface area contributed by atoms with Gasteiger partial charge in [-0.05, 0) is 64.2 Å². The lowest BCUT2D eigenvalue weighted by molar-refractivity contribution is -0.122. The van der Waals surface area contributed by atoms with Crippen LogP contribution in [-0.4, -0.2) is 41.9 Å². The molecule has 0 aliphatic carbocycles. The highest BCUT2D eigenvalue weighted by Gasteiger charge is 2.24. The van der Waals surface area contributed by atoms with Crippen LogP contribution in [0.2, 0.25) is 0 Å². The topological polar surface area (TPSA) is 104 Å². The normalized spacial score (nSPS) is 14.3. The highest BCUT2D eigenvalue weighted by Crippen LogP contribution is 2.10. The summed E-state index contributed by atoms with van der Waals surface area (Å²) in [6.07, 6.45) is 37.8. The third-order valence-corrected chi connectivity index (χ3v) is 7.46. The van der Waals surface area contributed by atoms with Gasteiger partial charge in [0.1, 0.15) is 0 Å². The Bertz CT molecular complexity index is 874. The number of carbonyl (C=O) groups is 1. The molecule has 0 aromatic carbocycles. The number of amides is 1. The lowest BCUT2D eigenvalue weighted by Crippen LogP contribution is -2.46. The summed E-state index contributed by atoms with van der Waals surface area (Å²) >= 11 is 0. The second kappa shape index (κ2) is 28.2. The molecule has 2 unspecified atom stereocenters. The first-order valence-corrected chi connectivity index (χ1v) is 17.6. The van der Waals surface area contributed by atoms with Crippen molar-refractivity contribution < 1.29 is 22.9 Å². The Morgan fingerprint density at radius 2 is 1.20 bits per heavy atom. The van der Waals surface area contributed by atoms with E-state index in [2.05, 4.69) is 67.8 Å². The summed E-state index contributed by atoms with van der Waals surface area (Å²) in [5.74, 6) is -1.05. The molecule has 6 nitrogen and oxygen atoms in total. The summed E-state index contributed by atoms with van der Waals surface area (Å²) in [5, 5.41) is 13.1. The lowest BCUT2D eigenvalue weighted by atomic mass is 10.1. The molecule has 0 fully saturated rings. The molecular formula is C34H59NO5S. The summed E-state index contributed by atoms with van der Waals surface area (Å²) in [7, 11) is -4.36. The van der Waals surface area contributed by atoms with Gasteiger partial charge < -0.3 is 10.4 Å². The molecular weight excluding hydrogens is 534 g/mol. The number of hydrogen-bond acceptors (Lipinski definition) is 4. The van der Waals surface area contributed by atoms with Crippen LogP contribution in [0, 0.1) is 0 Å². The molecule has 0 rings (SSSR count). The van der Waals surface area contributed by atoms with Crippen LogP contribution >= 0.6 is 0 Å². The van der Waals surface area contributed by atoms with Crippen molar-refractivity contribution in [2.45, 2.75) is 142 Å². The van der Waals surface area contributed by atoms with E-state index in [0.29, 0.717) is 12.8 Å². The van der Waals surface area contributed by atoms with E-state index in [1.54, 1.807) is 6.08 Å². The molecule has 0 spiro atoms. The first kappa shape index (κ1) is 39.0. The van der Waals surface area contributed by atoms with Gasteiger partial charge in [-0.2, -0.15) is 8.42 Å². The molecule has 3 N–H and O–H groups in total. The smallest absolute Gasteiger partial charge is 0.267 e. The number of carbonyl (C=O) groups excluding carboxylic acids is 1. The van der Waals surface area contributed by atoms with E-state index in [4.69, 9.17) is 0 Å². The monoisotopic (exact) mass is 593 g/mol. The molecule has 0 saturated carbocycles. The number of unbranched alkanes of at least 4 members (excludes halogenated alkanes) is 11. The fourth-order valence-corrected chi connectivity index (χ4v) is 5.03. The SMILES string of the molecule is CC/C=C\C/C=C\C/C=C\CCCCCC(=O)NC(CS(=O)(=O)O)C(O)/C=C/CC/C=C/CCCCCCCCC. The van der Waals surface area contributed by atoms with Crippen molar-refractivity contribution in [3.8, 4) is 0 Å². The third-order valence-electron chi connectivity index (χ3n) is 6.68. The Hall–Kier alpha value is -1.96.